The number of hydrogen-bond acceptors (Lipinski definition) is 18. The number of rotatable bonds is 21. The Kier molecular flexibility index (Phi) is 21.1. The molecule has 3 aromatic heterocycles. The van der Waals surface area contributed by atoms with Gasteiger partial charge in [-0.05, 0) is 86.0 Å². The maximum Gasteiger partial charge on any atom is 0.345 e. The molecule has 0 amide bonds. The molecule has 2 fully saturated rings. The molecule has 10 rings (SSSR count). The lowest BCUT2D eigenvalue weighted by atomic mass is 9.91. The molecule has 4 bridgehead atoms. The van der Waals surface area contributed by atoms with Gasteiger partial charge in [-0.2, -0.15) is 4.98 Å². The van der Waals surface area contributed by atoms with Gasteiger partial charge < -0.3 is 52.8 Å². The molecule has 4 aliphatic heterocycles. The van der Waals surface area contributed by atoms with E-state index in [-0.39, 0.29) is 25.5 Å². The highest BCUT2D eigenvalue weighted by Crippen LogP contribution is 2.53. The van der Waals surface area contributed by atoms with Crippen LogP contribution in [0, 0.1) is 19.7 Å². The lowest BCUT2D eigenvalue weighted by Gasteiger charge is -2.35. The maximum absolute atomic E-state index is 14.6. The van der Waals surface area contributed by atoms with Gasteiger partial charge in [0.25, 0.3) is 0 Å². The quantitative estimate of drug-likeness (QED) is 0.0674. The lowest BCUT2D eigenvalue weighted by molar-refractivity contribution is -0.145. The number of aromatic nitrogens is 4. The van der Waals surface area contributed by atoms with E-state index in [0.29, 0.717) is 146 Å². The van der Waals surface area contributed by atoms with Crippen LogP contribution in [-0.2, 0) is 42.2 Å². The molecule has 3 aromatic carbocycles. The zero-order valence-electron chi connectivity index (χ0n) is 47.9. The molecule has 442 valence electrons. The molecule has 2 atom stereocenters. The number of nitrogens with zero attached hydrogens (tertiary/aromatic N) is 8. The number of likely N-dealkylation sites (N-methyl/N-ethyl adjacent to an activating group) is 1. The van der Waals surface area contributed by atoms with E-state index < -0.39 is 29.4 Å². The Balaban J connectivity index is 0.993. The molecule has 2 saturated heterocycles. The predicted molar refractivity (Wildman–Crippen MR) is 316 cm³/mol. The van der Waals surface area contributed by atoms with E-state index in [0.717, 1.165) is 65.3 Å². The van der Waals surface area contributed by atoms with E-state index in [1.807, 2.05) is 40.7 Å². The minimum atomic E-state index is -1.50. The highest BCUT2D eigenvalue weighted by Gasteiger charge is 2.34. The summed E-state index contributed by atoms with van der Waals surface area (Å²) in [5.41, 5.74) is 3.85. The number of benzene rings is 3. The minimum Gasteiger partial charge on any atom is -0.490 e. The van der Waals surface area contributed by atoms with E-state index in [4.69, 9.17) is 76.0 Å². The van der Waals surface area contributed by atoms with Crippen LogP contribution in [0.3, 0.4) is 0 Å². The van der Waals surface area contributed by atoms with Crippen molar-refractivity contribution in [3.63, 3.8) is 0 Å². The van der Waals surface area contributed by atoms with Gasteiger partial charge in [-0.15, -0.1) is 11.3 Å². The number of thiophene rings is 1. The molecule has 0 unspecified atom stereocenters. The average molecular weight is 1190 g/mol. The van der Waals surface area contributed by atoms with Crippen LogP contribution >= 0.6 is 34.5 Å². The largest absolute Gasteiger partial charge is 0.490 e. The van der Waals surface area contributed by atoms with Crippen molar-refractivity contribution in [2.24, 2.45) is 0 Å². The SMILES string of the molecule is COCCOCCOCCOCCCN1CCN(c2nccc(COc3ccc4cc3C[C@H](C(=O)O)Oc3nc(C(C)(C)C)nc5sc(-c6ccc(F)cc6)c(c35)-c3c(C)c(Cl)c(c(Cl)c3C)O[C@H](CN3CCN(C)CC3)CO4)n2)CC1. The summed E-state index contributed by atoms with van der Waals surface area (Å²) in [5.74, 6) is 0.662. The van der Waals surface area contributed by atoms with Gasteiger partial charge in [0.1, 0.15) is 47.3 Å². The Morgan fingerprint density at radius 2 is 1.49 bits per heavy atom. The first-order valence-corrected chi connectivity index (χ1v) is 29.6. The number of hydrogen-bond donors (Lipinski definition) is 1. The fourth-order valence-electron chi connectivity index (χ4n) is 10.1. The van der Waals surface area contributed by atoms with Crippen LogP contribution in [0.5, 0.6) is 23.1 Å². The second-order valence-corrected chi connectivity index (χ2v) is 23.7. The normalized spacial score (nSPS) is 17.6. The van der Waals surface area contributed by atoms with Gasteiger partial charge in [0, 0.05) is 113 Å². The Labute approximate surface area is 493 Å². The number of carboxylic acids is 1. The van der Waals surface area contributed by atoms with Crippen molar-refractivity contribution in [3.05, 3.63) is 98.8 Å². The Bertz CT molecular complexity index is 3090. The summed E-state index contributed by atoms with van der Waals surface area (Å²) in [7, 11) is 3.76. The molecular formula is C60H75Cl2FN8O10S. The van der Waals surface area contributed by atoms with Gasteiger partial charge in [0.05, 0.1) is 60.8 Å². The van der Waals surface area contributed by atoms with Crippen molar-refractivity contribution in [2.45, 2.75) is 71.7 Å². The Hall–Kier alpha value is -5.52. The van der Waals surface area contributed by atoms with Gasteiger partial charge in [-0.25, -0.2) is 24.1 Å². The van der Waals surface area contributed by atoms with Gasteiger partial charge in [-0.1, -0.05) is 56.1 Å². The van der Waals surface area contributed by atoms with Crippen LogP contribution in [0.25, 0.3) is 31.8 Å². The predicted octanol–water partition coefficient (Wildman–Crippen LogP) is 9.42. The van der Waals surface area contributed by atoms with Crippen LogP contribution in [0.1, 0.15) is 55.4 Å². The van der Waals surface area contributed by atoms with Gasteiger partial charge >= 0.3 is 5.97 Å². The molecule has 0 aliphatic carbocycles. The second-order valence-electron chi connectivity index (χ2n) is 21.9. The van der Waals surface area contributed by atoms with Crippen molar-refractivity contribution in [1.29, 1.82) is 0 Å². The van der Waals surface area contributed by atoms with E-state index in [2.05, 4.69) is 31.6 Å². The summed E-state index contributed by atoms with van der Waals surface area (Å²) in [6, 6.07) is 13.4. The van der Waals surface area contributed by atoms with Crippen molar-refractivity contribution < 1.29 is 52.2 Å². The van der Waals surface area contributed by atoms with Crippen LogP contribution in [0.15, 0.2) is 54.7 Å². The highest BCUT2D eigenvalue weighted by atomic mass is 35.5. The van der Waals surface area contributed by atoms with Crippen LogP contribution in [-0.4, -0.2) is 190 Å². The molecular weight excluding hydrogens is 1110 g/mol. The fourth-order valence-corrected chi connectivity index (χ4v) is 11.8. The number of aliphatic carboxylic acids is 1. The first-order chi connectivity index (χ1) is 39.5. The zero-order chi connectivity index (χ0) is 57.9. The molecule has 0 saturated carbocycles. The number of carboxylic acid groups (broad SMARTS) is 1. The smallest absolute Gasteiger partial charge is 0.345 e. The van der Waals surface area contributed by atoms with Crippen molar-refractivity contribution in [1.82, 2.24) is 34.6 Å². The van der Waals surface area contributed by atoms with E-state index in [9.17, 15) is 14.3 Å². The molecule has 4 aliphatic rings. The average Bonchev–Trinajstić information content (AvgIpc) is 2.36. The van der Waals surface area contributed by atoms with E-state index in [1.165, 1.54) is 23.5 Å². The Morgan fingerprint density at radius 1 is 0.817 bits per heavy atom. The molecule has 18 nitrogen and oxygen atoms in total. The summed E-state index contributed by atoms with van der Waals surface area (Å²) in [5, 5.41) is 12.3. The number of anilines is 1. The summed E-state index contributed by atoms with van der Waals surface area (Å²) >= 11 is 16.3. The molecule has 82 heavy (non-hydrogen) atoms. The molecule has 0 spiro atoms. The zero-order valence-corrected chi connectivity index (χ0v) is 50.3. The fraction of sp³-hybridized carbons (Fsp3) is 0.517. The van der Waals surface area contributed by atoms with Crippen molar-refractivity contribution in [2.75, 3.05) is 137 Å². The van der Waals surface area contributed by atoms with Crippen LogP contribution in [0.2, 0.25) is 10.0 Å². The summed E-state index contributed by atoms with van der Waals surface area (Å²) in [6.07, 6.45) is 0.456. The van der Waals surface area contributed by atoms with Crippen LogP contribution < -0.4 is 23.8 Å². The monoisotopic (exact) mass is 1190 g/mol. The summed E-state index contributed by atoms with van der Waals surface area (Å²) < 4.78 is 63.3. The third kappa shape index (κ3) is 15.4. The molecule has 22 heteroatoms. The molecule has 1 N–H and O–H groups in total. The topological polar surface area (TPSA) is 176 Å². The van der Waals surface area contributed by atoms with Gasteiger partial charge in [0.2, 0.25) is 17.9 Å². The molecule has 0 radical (unpaired) electrons. The molecule has 7 heterocycles. The Morgan fingerprint density at radius 3 is 2.16 bits per heavy atom. The first-order valence-electron chi connectivity index (χ1n) is 28.0. The minimum absolute atomic E-state index is 0.0526. The third-order valence-electron chi connectivity index (χ3n) is 14.8. The lowest BCUT2D eigenvalue weighted by Crippen LogP contribution is -2.49. The van der Waals surface area contributed by atoms with E-state index >= 15 is 0 Å². The number of piperazine rings is 2. The third-order valence-corrected chi connectivity index (χ3v) is 16.8. The van der Waals surface area contributed by atoms with Crippen molar-refractivity contribution >= 4 is 56.7 Å². The highest BCUT2D eigenvalue weighted by molar-refractivity contribution is 7.22. The number of ether oxygens (including phenoxy) is 8. The number of halogens is 3. The molecule has 6 aromatic rings. The maximum atomic E-state index is 14.6. The van der Waals surface area contributed by atoms with Gasteiger partial charge in [-0.3, -0.25) is 9.80 Å². The van der Waals surface area contributed by atoms with Gasteiger partial charge in [0.15, 0.2) is 5.75 Å². The summed E-state index contributed by atoms with van der Waals surface area (Å²) in [6.45, 7) is 22.0. The number of carbonyl (C=O) groups is 1. The number of fused-ring (bicyclic) bond motifs is 7. The number of methoxy groups -OCH3 is 1. The van der Waals surface area contributed by atoms with Crippen LogP contribution in [0.4, 0.5) is 10.3 Å². The second kappa shape index (κ2) is 28.4. The summed E-state index contributed by atoms with van der Waals surface area (Å²) in [4.78, 5) is 43.9. The standard InChI is InChI=1S/C60H75Cl2FN8O10S/c1-38-48-39(2)52(62)53(51(38)61)80-45(35-70-20-18-68(6)19-21-70)37-78-44-13-14-46(79-36-43-15-16-64-59(65-43)71-24-22-69(23-25-71)17-8-26-75-29-30-77-32-31-76-28-27-74-7)41(33-44)34-47(57(72)73)81-55-50-49(48)54(40-9-11-42(63)12-10-40)82-56(50)67-58(66-55)60(3,4)5/h9-16,33,45,47H,8,17-32,34-37H2,1-7H3,(H,72,73)/t45-,47-/m1/s1. The van der Waals surface area contributed by atoms with E-state index in [1.54, 1.807) is 43.6 Å². The van der Waals surface area contributed by atoms with Crippen molar-refractivity contribution in [3.8, 4) is 44.7 Å². The first kappa shape index (κ1) is 61.1.